The summed E-state index contributed by atoms with van der Waals surface area (Å²) >= 11 is 5.36. The summed E-state index contributed by atoms with van der Waals surface area (Å²) in [6.07, 6.45) is -4.69. The second kappa shape index (κ2) is 10.8. The summed E-state index contributed by atoms with van der Waals surface area (Å²) in [6.45, 7) is 1.05. The predicted molar refractivity (Wildman–Crippen MR) is 128 cm³/mol. The molecular formula is C22H23F3N4O6S. The molecule has 0 radical (unpaired) electrons. The monoisotopic (exact) mass is 528 g/mol. The summed E-state index contributed by atoms with van der Waals surface area (Å²) in [7, 11) is 4.28. The van der Waals surface area contributed by atoms with E-state index >= 15 is 0 Å². The fraction of sp³-hybridized carbons (Fsp3) is 0.364. The maximum absolute atomic E-state index is 13.0. The molecule has 0 spiro atoms. The van der Waals surface area contributed by atoms with Gasteiger partial charge in [-0.3, -0.25) is 20.2 Å². The van der Waals surface area contributed by atoms with Crippen LogP contribution in [0.5, 0.6) is 17.2 Å². The van der Waals surface area contributed by atoms with Crippen LogP contribution in [0, 0.1) is 10.1 Å². The van der Waals surface area contributed by atoms with Gasteiger partial charge >= 0.3 is 6.18 Å². The number of nitro groups is 1. The Labute approximate surface area is 209 Å². The first-order valence-electron chi connectivity index (χ1n) is 10.5. The van der Waals surface area contributed by atoms with E-state index in [-0.39, 0.29) is 42.5 Å². The third-order valence-electron chi connectivity index (χ3n) is 5.55. The zero-order chi connectivity index (χ0) is 26.6. The summed E-state index contributed by atoms with van der Waals surface area (Å²) in [5.74, 6) is 0.395. The molecular weight excluding hydrogens is 505 g/mol. The Balaban J connectivity index is 1.69. The Hall–Kier alpha value is -3.81. The van der Waals surface area contributed by atoms with E-state index in [0.717, 1.165) is 12.1 Å². The lowest BCUT2D eigenvalue weighted by atomic mass is 10.1. The number of nitrogens with zero attached hydrogens (tertiary/aromatic N) is 3. The first-order valence-corrected chi connectivity index (χ1v) is 10.9. The van der Waals surface area contributed by atoms with Crippen LogP contribution in [0.1, 0.15) is 15.9 Å². The molecule has 2 aromatic carbocycles. The van der Waals surface area contributed by atoms with Gasteiger partial charge in [-0.1, -0.05) is 0 Å². The lowest BCUT2D eigenvalue weighted by molar-refractivity contribution is -0.384. The number of nitrogens with one attached hydrogen (secondary N) is 1. The van der Waals surface area contributed by atoms with E-state index in [1.165, 1.54) is 33.5 Å². The topological polar surface area (TPSA) is 106 Å². The molecule has 0 bridgehead atoms. The minimum Gasteiger partial charge on any atom is -0.493 e. The fourth-order valence-corrected chi connectivity index (χ4v) is 4.00. The second-order valence-corrected chi connectivity index (χ2v) is 7.99. The smallest absolute Gasteiger partial charge is 0.416 e. The third-order valence-corrected chi connectivity index (χ3v) is 5.91. The molecule has 2 aromatic rings. The van der Waals surface area contributed by atoms with Gasteiger partial charge in [-0.25, -0.2) is 0 Å². The first kappa shape index (κ1) is 26.8. The maximum atomic E-state index is 13.0. The predicted octanol–water partition coefficient (Wildman–Crippen LogP) is 3.48. The van der Waals surface area contributed by atoms with Gasteiger partial charge < -0.3 is 24.0 Å². The Morgan fingerprint density at radius 3 is 2.08 bits per heavy atom. The number of alkyl halides is 3. The normalized spacial score (nSPS) is 13.7. The van der Waals surface area contributed by atoms with Gasteiger partial charge in [0.25, 0.3) is 11.6 Å². The highest BCUT2D eigenvalue weighted by atomic mass is 32.1. The van der Waals surface area contributed by atoms with Crippen LogP contribution in [0.4, 0.5) is 24.5 Å². The number of rotatable bonds is 6. The van der Waals surface area contributed by atoms with Crippen molar-refractivity contribution >= 4 is 34.6 Å². The quantitative estimate of drug-likeness (QED) is 0.343. The van der Waals surface area contributed by atoms with Crippen LogP contribution in [0.25, 0.3) is 0 Å². The Morgan fingerprint density at radius 2 is 1.61 bits per heavy atom. The highest BCUT2D eigenvalue weighted by Crippen LogP contribution is 2.38. The molecule has 1 amide bonds. The van der Waals surface area contributed by atoms with Crippen LogP contribution < -0.4 is 24.4 Å². The molecule has 1 aliphatic rings. The summed E-state index contributed by atoms with van der Waals surface area (Å²) in [5.41, 5.74) is -1.42. The summed E-state index contributed by atoms with van der Waals surface area (Å²) in [4.78, 5) is 26.7. The first-order chi connectivity index (χ1) is 17.0. The molecule has 0 saturated carbocycles. The van der Waals surface area contributed by atoms with Gasteiger partial charge in [0.1, 0.15) is 5.69 Å². The zero-order valence-electron chi connectivity index (χ0n) is 19.5. The van der Waals surface area contributed by atoms with E-state index in [4.69, 9.17) is 26.4 Å². The number of hydrogen-bond acceptors (Lipinski definition) is 8. The number of methoxy groups -OCH3 is 3. The van der Waals surface area contributed by atoms with Crippen LogP contribution in [0.15, 0.2) is 30.3 Å². The van der Waals surface area contributed by atoms with Crippen molar-refractivity contribution in [2.45, 2.75) is 6.18 Å². The van der Waals surface area contributed by atoms with Crippen molar-refractivity contribution in [2.75, 3.05) is 52.4 Å². The van der Waals surface area contributed by atoms with Gasteiger partial charge in [-0.15, -0.1) is 0 Å². The molecule has 194 valence electrons. The standard InChI is InChI=1S/C22H23F3N4O6S/c1-33-17-10-13(11-18(34-2)19(17)35-3)20(30)26-21(36)28-8-6-27(7-9-28)15-5-4-14(22(23,24)25)12-16(15)29(31)32/h4-5,10-12H,6-9H2,1-3H3,(H,26,30,36). The van der Waals surface area contributed by atoms with Crippen molar-refractivity contribution in [2.24, 2.45) is 0 Å². The maximum Gasteiger partial charge on any atom is 0.416 e. The molecule has 1 N–H and O–H groups in total. The average molecular weight is 529 g/mol. The molecule has 0 unspecified atom stereocenters. The van der Waals surface area contributed by atoms with Crippen molar-refractivity contribution in [1.29, 1.82) is 0 Å². The van der Waals surface area contributed by atoms with Crippen LogP contribution >= 0.6 is 12.2 Å². The highest BCUT2D eigenvalue weighted by molar-refractivity contribution is 7.80. The lowest BCUT2D eigenvalue weighted by Crippen LogP contribution is -2.52. The van der Waals surface area contributed by atoms with Crippen molar-refractivity contribution < 1.29 is 37.1 Å². The zero-order valence-corrected chi connectivity index (χ0v) is 20.4. The fourth-order valence-electron chi connectivity index (χ4n) is 3.72. The minimum atomic E-state index is -4.69. The summed E-state index contributed by atoms with van der Waals surface area (Å²) < 4.78 is 54.7. The molecule has 0 aromatic heterocycles. The molecule has 3 rings (SSSR count). The molecule has 1 heterocycles. The van der Waals surface area contributed by atoms with Gasteiger partial charge in [0.05, 0.1) is 31.8 Å². The number of ether oxygens (including phenoxy) is 3. The molecule has 1 saturated heterocycles. The number of hydrogen-bond donors (Lipinski definition) is 1. The molecule has 10 nitrogen and oxygen atoms in total. The number of halogens is 3. The Morgan fingerprint density at radius 1 is 1.03 bits per heavy atom. The largest absolute Gasteiger partial charge is 0.493 e. The van der Waals surface area contributed by atoms with Crippen LogP contribution in [0.2, 0.25) is 0 Å². The summed E-state index contributed by atoms with van der Waals surface area (Å²) in [6, 6.07) is 5.39. The molecule has 0 atom stereocenters. The molecule has 36 heavy (non-hydrogen) atoms. The Bertz CT molecular complexity index is 1140. The third kappa shape index (κ3) is 5.70. The van der Waals surface area contributed by atoms with E-state index < -0.39 is 28.3 Å². The Kier molecular flexibility index (Phi) is 8.07. The molecule has 1 fully saturated rings. The molecule has 14 heteroatoms. The number of carbonyl (C=O) groups excluding carboxylic acids is 1. The number of carbonyl (C=O) groups is 1. The van der Waals surface area contributed by atoms with Crippen molar-refractivity contribution in [3.63, 3.8) is 0 Å². The van der Waals surface area contributed by atoms with Gasteiger partial charge in [0.15, 0.2) is 16.6 Å². The van der Waals surface area contributed by atoms with Crippen LogP contribution in [0.3, 0.4) is 0 Å². The van der Waals surface area contributed by atoms with E-state index in [2.05, 4.69) is 5.32 Å². The van der Waals surface area contributed by atoms with Gasteiger partial charge in [-0.2, -0.15) is 13.2 Å². The summed E-state index contributed by atoms with van der Waals surface area (Å²) in [5, 5.41) is 14.2. The molecule has 0 aliphatic carbocycles. The molecule has 1 aliphatic heterocycles. The van der Waals surface area contributed by atoms with E-state index in [9.17, 15) is 28.1 Å². The van der Waals surface area contributed by atoms with Crippen molar-refractivity contribution in [1.82, 2.24) is 10.2 Å². The average Bonchev–Trinajstić information content (AvgIpc) is 2.86. The number of thiocarbonyl (C=S) groups is 1. The van der Waals surface area contributed by atoms with Crippen molar-refractivity contribution in [3.8, 4) is 17.2 Å². The van der Waals surface area contributed by atoms with Crippen LogP contribution in [-0.4, -0.2) is 68.4 Å². The number of amides is 1. The van der Waals surface area contributed by atoms with Gasteiger partial charge in [-0.05, 0) is 36.5 Å². The number of benzene rings is 2. The van der Waals surface area contributed by atoms with Gasteiger partial charge in [0.2, 0.25) is 5.75 Å². The second-order valence-electron chi connectivity index (χ2n) is 7.61. The number of piperazine rings is 1. The van der Waals surface area contributed by atoms with E-state index in [0.29, 0.717) is 23.3 Å². The SMILES string of the molecule is COc1cc(C(=O)NC(=S)N2CCN(c3ccc(C(F)(F)F)cc3[N+](=O)[O-])CC2)cc(OC)c1OC. The lowest BCUT2D eigenvalue weighted by Gasteiger charge is -2.37. The van der Waals surface area contributed by atoms with Gasteiger partial charge in [0, 0.05) is 37.8 Å². The van der Waals surface area contributed by atoms with Crippen molar-refractivity contribution in [3.05, 3.63) is 51.6 Å². The minimum absolute atomic E-state index is 0.0834. The van der Waals surface area contributed by atoms with Crippen LogP contribution in [-0.2, 0) is 6.18 Å². The van der Waals surface area contributed by atoms with E-state index in [1.807, 2.05) is 0 Å². The number of anilines is 1. The number of nitro benzene ring substituents is 1. The van der Waals surface area contributed by atoms with E-state index in [1.54, 1.807) is 9.80 Å². The highest BCUT2D eigenvalue weighted by Gasteiger charge is 2.34.